The summed E-state index contributed by atoms with van der Waals surface area (Å²) in [5.41, 5.74) is 1.57. The number of hydrogen-bond acceptors (Lipinski definition) is 6. The van der Waals surface area contributed by atoms with Crippen molar-refractivity contribution in [2.24, 2.45) is 5.10 Å². The maximum absolute atomic E-state index is 10.4. The van der Waals surface area contributed by atoms with E-state index in [9.17, 15) is 10.2 Å². The lowest BCUT2D eigenvalue weighted by Gasteiger charge is -2.15. The number of aromatic nitrogens is 1. The van der Waals surface area contributed by atoms with Gasteiger partial charge in [0.1, 0.15) is 11.5 Å². The van der Waals surface area contributed by atoms with E-state index >= 15 is 0 Å². The number of hydrogen-bond donors (Lipinski definition) is 2. The smallest absolute Gasteiger partial charge is 0.207 e. The summed E-state index contributed by atoms with van der Waals surface area (Å²) in [6.07, 6.45) is 6.23. The second kappa shape index (κ2) is 9.13. The fourth-order valence-corrected chi connectivity index (χ4v) is 4.34. The summed E-state index contributed by atoms with van der Waals surface area (Å²) in [6.45, 7) is 2.97. The Morgan fingerprint density at radius 3 is 2.70 bits per heavy atom. The third kappa shape index (κ3) is 4.54. The fraction of sp³-hybridized carbons (Fsp3) is 0.250. The van der Waals surface area contributed by atoms with E-state index < -0.39 is 0 Å². The van der Waals surface area contributed by atoms with Crippen molar-refractivity contribution in [3.63, 3.8) is 0 Å². The Morgan fingerprint density at radius 2 is 1.87 bits per heavy atom. The number of phenols is 2. The van der Waals surface area contributed by atoms with E-state index in [0.717, 1.165) is 45.5 Å². The van der Waals surface area contributed by atoms with Crippen LogP contribution in [0.25, 0.3) is 21.0 Å². The van der Waals surface area contributed by atoms with Gasteiger partial charge in [-0.3, -0.25) is 0 Å². The molecule has 0 aliphatic carbocycles. The summed E-state index contributed by atoms with van der Waals surface area (Å²) in [5.74, 6) is 0.357. The second-order valence-corrected chi connectivity index (χ2v) is 8.34. The largest absolute Gasteiger partial charge is 0.508 e. The van der Waals surface area contributed by atoms with Crippen molar-refractivity contribution in [2.75, 3.05) is 11.6 Å². The molecule has 1 aromatic heterocycles. The highest BCUT2D eigenvalue weighted by Crippen LogP contribution is 2.30. The molecule has 30 heavy (non-hydrogen) atoms. The molecule has 0 amide bonds. The van der Waals surface area contributed by atoms with Crippen molar-refractivity contribution in [3.8, 4) is 11.5 Å². The molecule has 0 atom stereocenters. The van der Waals surface area contributed by atoms with Crippen LogP contribution in [0.2, 0.25) is 0 Å². The highest BCUT2D eigenvalue weighted by Gasteiger charge is 2.12. The van der Waals surface area contributed by atoms with Crippen molar-refractivity contribution < 1.29 is 10.2 Å². The highest BCUT2D eigenvalue weighted by atomic mass is 32.1. The molecule has 154 valence electrons. The van der Waals surface area contributed by atoms with E-state index in [2.05, 4.69) is 18.1 Å². The molecular formula is C24H25N3O2S. The van der Waals surface area contributed by atoms with Crippen LogP contribution < -0.4 is 5.01 Å². The molecule has 5 nitrogen and oxygen atoms in total. The molecule has 4 rings (SSSR count). The molecule has 0 radical (unpaired) electrons. The molecule has 0 saturated heterocycles. The van der Waals surface area contributed by atoms with E-state index in [1.54, 1.807) is 41.8 Å². The van der Waals surface area contributed by atoms with Crippen LogP contribution in [-0.4, -0.2) is 28.0 Å². The van der Waals surface area contributed by atoms with E-state index in [0.29, 0.717) is 5.56 Å². The Hall–Kier alpha value is -3.12. The quantitative estimate of drug-likeness (QED) is 0.200. The first kappa shape index (κ1) is 20.2. The third-order valence-electron chi connectivity index (χ3n) is 5.03. The number of benzene rings is 3. The molecule has 0 unspecified atom stereocenters. The Kier molecular flexibility index (Phi) is 6.14. The van der Waals surface area contributed by atoms with Crippen LogP contribution in [0.5, 0.6) is 11.5 Å². The molecule has 0 saturated carbocycles. The van der Waals surface area contributed by atoms with E-state index in [-0.39, 0.29) is 11.5 Å². The SMILES string of the molecule is CCCCCCN(/N=C/c1cc2cc(O)ccc2cc1O)c1nc2ccccc2s1. The zero-order valence-corrected chi connectivity index (χ0v) is 17.8. The van der Waals surface area contributed by atoms with Gasteiger partial charge in [-0.25, -0.2) is 9.99 Å². The summed E-state index contributed by atoms with van der Waals surface area (Å²) in [7, 11) is 0. The molecule has 0 spiro atoms. The van der Waals surface area contributed by atoms with Crippen LogP contribution in [0, 0.1) is 0 Å². The Bertz CT molecular complexity index is 1150. The van der Waals surface area contributed by atoms with Gasteiger partial charge in [0.05, 0.1) is 16.4 Å². The second-order valence-electron chi connectivity index (χ2n) is 7.34. The van der Waals surface area contributed by atoms with Crippen molar-refractivity contribution >= 4 is 43.7 Å². The summed E-state index contributed by atoms with van der Waals surface area (Å²) in [6, 6.07) is 16.7. The number of phenolic OH excluding ortho intramolecular Hbond substituents is 2. The standard InChI is InChI=1S/C24H25N3O2S/c1-2-3-4-7-12-27(24-26-21-8-5-6-9-23(21)30-24)25-16-19-13-18-14-20(28)11-10-17(18)15-22(19)29/h5-6,8-11,13-16,28-29H,2-4,7,12H2,1H3/b25-16+. The normalized spacial score (nSPS) is 11.6. The minimum atomic E-state index is 0.159. The van der Waals surface area contributed by atoms with Crippen molar-refractivity contribution in [1.29, 1.82) is 0 Å². The molecule has 6 heteroatoms. The number of unbranched alkanes of at least 4 members (excludes halogenated alkanes) is 3. The third-order valence-corrected chi connectivity index (χ3v) is 6.08. The molecule has 0 aliphatic heterocycles. The number of aromatic hydroxyl groups is 2. The number of anilines is 1. The molecular weight excluding hydrogens is 394 g/mol. The highest BCUT2D eigenvalue weighted by molar-refractivity contribution is 7.22. The van der Waals surface area contributed by atoms with E-state index in [4.69, 9.17) is 4.98 Å². The Balaban J connectivity index is 1.64. The van der Waals surface area contributed by atoms with Gasteiger partial charge in [0, 0.05) is 12.1 Å². The molecule has 3 aromatic carbocycles. The number of rotatable bonds is 8. The average Bonchev–Trinajstić information content (AvgIpc) is 3.17. The lowest BCUT2D eigenvalue weighted by Crippen LogP contribution is -2.18. The van der Waals surface area contributed by atoms with Crippen molar-refractivity contribution in [1.82, 2.24) is 4.98 Å². The van der Waals surface area contributed by atoms with Crippen molar-refractivity contribution in [2.45, 2.75) is 32.6 Å². The lowest BCUT2D eigenvalue weighted by atomic mass is 10.1. The predicted octanol–water partition coefficient (Wildman–Crippen LogP) is 6.28. The number of hydrazone groups is 1. The number of thiazole rings is 1. The fourth-order valence-electron chi connectivity index (χ4n) is 3.39. The van der Waals surface area contributed by atoms with Gasteiger partial charge in [0.2, 0.25) is 5.13 Å². The van der Waals surface area contributed by atoms with Gasteiger partial charge in [-0.05, 0) is 53.6 Å². The Morgan fingerprint density at radius 1 is 1.00 bits per heavy atom. The van der Waals surface area contributed by atoms with Crippen LogP contribution in [0.1, 0.15) is 38.2 Å². The van der Waals surface area contributed by atoms with E-state index in [1.807, 2.05) is 29.3 Å². The summed E-state index contributed by atoms with van der Waals surface area (Å²) < 4.78 is 1.13. The van der Waals surface area contributed by atoms with Gasteiger partial charge >= 0.3 is 0 Å². The van der Waals surface area contributed by atoms with Crippen molar-refractivity contribution in [3.05, 3.63) is 60.2 Å². The predicted molar refractivity (Wildman–Crippen MR) is 126 cm³/mol. The number of para-hydroxylation sites is 1. The zero-order chi connectivity index (χ0) is 20.9. The maximum atomic E-state index is 10.4. The van der Waals surface area contributed by atoms with Gasteiger partial charge in [0.15, 0.2) is 0 Å². The minimum Gasteiger partial charge on any atom is -0.508 e. The molecule has 0 aliphatic rings. The first-order chi connectivity index (χ1) is 14.6. The monoisotopic (exact) mass is 419 g/mol. The summed E-state index contributed by atoms with van der Waals surface area (Å²) in [5, 5.41) is 29.4. The lowest BCUT2D eigenvalue weighted by molar-refractivity contribution is 0.473. The van der Waals surface area contributed by atoms with Gasteiger partial charge in [-0.1, -0.05) is 55.7 Å². The zero-order valence-electron chi connectivity index (χ0n) is 17.0. The molecule has 1 heterocycles. The van der Waals surface area contributed by atoms with Gasteiger partial charge in [-0.15, -0.1) is 0 Å². The van der Waals surface area contributed by atoms with Gasteiger partial charge < -0.3 is 10.2 Å². The van der Waals surface area contributed by atoms with Crippen LogP contribution in [0.3, 0.4) is 0 Å². The first-order valence-corrected chi connectivity index (χ1v) is 11.1. The molecule has 4 aromatic rings. The van der Waals surface area contributed by atoms with Gasteiger partial charge in [-0.2, -0.15) is 5.10 Å². The van der Waals surface area contributed by atoms with Crippen LogP contribution in [0.15, 0.2) is 59.7 Å². The van der Waals surface area contributed by atoms with Gasteiger partial charge in [0.25, 0.3) is 0 Å². The first-order valence-electron chi connectivity index (χ1n) is 10.3. The van der Waals surface area contributed by atoms with Crippen LogP contribution in [0.4, 0.5) is 5.13 Å². The minimum absolute atomic E-state index is 0.159. The molecule has 0 bridgehead atoms. The Labute approximate surface area is 179 Å². The summed E-state index contributed by atoms with van der Waals surface area (Å²) >= 11 is 1.62. The van der Waals surface area contributed by atoms with E-state index in [1.165, 1.54) is 12.8 Å². The maximum Gasteiger partial charge on any atom is 0.207 e. The molecule has 2 N–H and O–H groups in total. The van der Waals surface area contributed by atoms with Crippen LogP contribution in [-0.2, 0) is 0 Å². The number of fused-ring (bicyclic) bond motifs is 2. The topological polar surface area (TPSA) is 69.0 Å². The average molecular weight is 420 g/mol. The van der Waals surface area contributed by atoms with Crippen LogP contribution >= 0.6 is 11.3 Å². The number of nitrogens with zero attached hydrogens (tertiary/aromatic N) is 3. The molecule has 0 fully saturated rings. The summed E-state index contributed by atoms with van der Waals surface area (Å²) in [4.78, 5) is 4.74.